The van der Waals surface area contributed by atoms with Crippen LogP contribution in [-0.4, -0.2) is 16.5 Å². The fourth-order valence-corrected chi connectivity index (χ4v) is 1.73. The molecular weight excluding hydrogens is 214 g/mol. The lowest BCUT2D eigenvalue weighted by molar-refractivity contribution is 0.509. The highest BCUT2D eigenvalue weighted by Crippen LogP contribution is 2.16. The first-order valence-corrected chi connectivity index (χ1v) is 5.90. The zero-order chi connectivity index (χ0) is 11.9. The molecule has 0 spiro atoms. The van der Waals surface area contributed by atoms with Crippen LogP contribution in [0.2, 0.25) is 0 Å². The summed E-state index contributed by atoms with van der Waals surface area (Å²) < 4.78 is 5.09. The molecule has 1 N–H and O–H groups in total. The van der Waals surface area contributed by atoms with E-state index in [1.165, 1.54) is 5.56 Å². The van der Waals surface area contributed by atoms with E-state index in [0.29, 0.717) is 0 Å². The number of furan rings is 1. The van der Waals surface area contributed by atoms with Gasteiger partial charge in [-0.2, -0.15) is 0 Å². The summed E-state index contributed by atoms with van der Waals surface area (Å²) in [5.74, 6) is 0. The number of hydrogen-bond acceptors (Lipinski definition) is 4. The van der Waals surface area contributed by atoms with E-state index in [2.05, 4.69) is 22.2 Å². The summed E-state index contributed by atoms with van der Waals surface area (Å²) in [6.45, 7) is 3.12. The molecule has 0 aliphatic carbocycles. The Morgan fingerprint density at radius 2 is 2.35 bits per heavy atom. The number of rotatable bonds is 6. The van der Waals surface area contributed by atoms with Crippen molar-refractivity contribution < 1.29 is 4.42 Å². The lowest BCUT2D eigenvalue weighted by atomic mass is 10.1. The first-order chi connectivity index (χ1) is 8.40. The molecule has 1 unspecified atom stereocenters. The highest BCUT2D eigenvalue weighted by atomic mass is 16.3. The molecule has 0 radical (unpaired) electrons. The van der Waals surface area contributed by atoms with Crippen LogP contribution in [-0.2, 0) is 6.42 Å². The highest BCUT2D eigenvalue weighted by Gasteiger charge is 2.13. The van der Waals surface area contributed by atoms with Crippen LogP contribution < -0.4 is 5.32 Å². The van der Waals surface area contributed by atoms with Crippen molar-refractivity contribution in [2.45, 2.75) is 25.8 Å². The molecule has 4 heteroatoms. The molecule has 2 aromatic heterocycles. The fourth-order valence-electron chi connectivity index (χ4n) is 1.73. The maximum atomic E-state index is 5.09. The predicted octanol–water partition coefficient (Wildman–Crippen LogP) is 2.35. The summed E-state index contributed by atoms with van der Waals surface area (Å²) >= 11 is 0. The first-order valence-electron chi connectivity index (χ1n) is 5.90. The topological polar surface area (TPSA) is 51.0 Å². The van der Waals surface area contributed by atoms with Gasteiger partial charge in [0.1, 0.15) is 0 Å². The quantitative estimate of drug-likeness (QED) is 0.829. The Kier molecular flexibility index (Phi) is 4.27. The van der Waals surface area contributed by atoms with Gasteiger partial charge in [-0.1, -0.05) is 6.92 Å². The Labute approximate surface area is 101 Å². The average molecular weight is 231 g/mol. The minimum absolute atomic E-state index is 0.196. The SMILES string of the molecule is CCCNC(Cc1ccoc1)c1cnccn1. The Bertz CT molecular complexity index is 413. The summed E-state index contributed by atoms with van der Waals surface area (Å²) in [7, 11) is 0. The number of hydrogen-bond donors (Lipinski definition) is 1. The highest BCUT2D eigenvalue weighted by molar-refractivity contribution is 5.12. The average Bonchev–Trinajstić information content (AvgIpc) is 2.88. The molecule has 0 aromatic carbocycles. The molecule has 0 bridgehead atoms. The van der Waals surface area contributed by atoms with Gasteiger partial charge in [0.25, 0.3) is 0 Å². The molecule has 17 heavy (non-hydrogen) atoms. The van der Waals surface area contributed by atoms with Crippen molar-refractivity contribution in [1.29, 1.82) is 0 Å². The van der Waals surface area contributed by atoms with Gasteiger partial charge in [0, 0.05) is 18.6 Å². The number of aromatic nitrogens is 2. The maximum Gasteiger partial charge on any atom is 0.0935 e. The second-order valence-corrected chi connectivity index (χ2v) is 3.97. The first kappa shape index (κ1) is 11.8. The van der Waals surface area contributed by atoms with Gasteiger partial charge < -0.3 is 9.73 Å². The maximum absolute atomic E-state index is 5.09. The van der Waals surface area contributed by atoms with E-state index in [-0.39, 0.29) is 6.04 Å². The second-order valence-electron chi connectivity index (χ2n) is 3.97. The van der Waals surface area contributed by atoms with Crippen LogP contribution in [0.5, 0.6) is 0 Å². The van der Waals surface area contributed by atoms with Gasteiger partial charge in [-0.3, -0.25) is 9.97 Å². The molecule has 0 amide bonds. The zero-order valence-corrected chi connectivity index (χ0v) is 9.97. The normalized spacial score (nSPS) is 12.5. The number of nitrogens with zero attached hydrogens (tertiary/aromatic N) is 2. The molecule has 0 aliphatic heterocycles. The summed E-state index contributed by atoms with van der Waals surface area (Å²) in [6, 6.07) is 2.18. The minimum Gasteiger partial charge on any atom is -0.472 e. The monoisotopic (exact) mass is 231 g/mol. The summed E-state index contributed by atoms with van der Waals surface area (Å²) in [5, 5.41) is 3.48. The van der Waals surface area contributed by atoms with Gasteiger partial charge in [-0.25, -0.2) is 0 Å². The van der Waals surface area contributed by atoms with E-state index in [4.69, 9.17) is 4.42 Å². The molecule has 2 rings (SSSR count). The van der Waals surface area contributed by atoms with Gasteiger partial charge in [-0.05, 0) is 31.0 Å². The third-order valence-corrected chi connectivity index (χ3v) is 2.60. The molecule has 0 aliphatic rings. The summed E-state index contributed by atoms with van der Waals surface area (Å²) in [6.07, 6.45) is 10.7. The molecule has 0 saturated heterocycles. The smallest absolute Gasteiger partial charge is 0.0935 e. The molecule has 0 saturated carbocycles. The van der Waals surface area contributed by atoms with Crippen molar-refractivity contribution >= 4 is 0 Å². The molecular formula is C13H17N3O. The van der Waals surface area contributed by atoms with Crippen LogP contribution in [0.15, 0.2) is 41.6 Å². The van der Waals surface area contributed by atoms with E-state index in [9.17, 15) is 0 Å². The van der Waals surface area contributed by atoms with E-state index in [1.807, 2.05) is 12.3 Å². The Balaban J connectivity index is 2.08. The lowest BCUT2D eigenvalue weighted by Crippen LogP contribution is -2.24. The van der Waals surface area contributed by atoms with Crippen molar-refractivity contribution in [3.8, 4) is 0 Å². The minimum atomic E-state index is 0.196. The van der Waals surface area contributed by atoms with Crippen molar-refractivity contribution in [3.05, 3.63) is 48.4 Å². The largest absolute Gasteiger partial charge is 0.472 e. The van der Waals surface area contributed by atoms with Gasteiger partial charge in [0.2, 0.25) is 0 Å². The van der Waals surface area contributed by atoms with Crippen molar-refractivity contribution in [2.75, 3.05) is 6.54 Å². The van der Waals surface area contributed by atoms with E-state index in [1.54, 1.807) is 24.9 Å². The van der Waals surface area contributed by atoms with Gasteiger partial charge >= 0.3 is 0 Å². The summed E-state index contributed by atoms with van der Waals surface area (Å²) in [5.41, 5.74) is 2.14. The van der Waals surface area contributed by atoms with Crippen LogP contribution in [0.3, 0.4) is 0 Å². The Morgan fingerprint density at radius 1 is 1.41 bits per heavy atom. The van der Waals surface area contributed by atoms with Crippen LogP contribution in [0.25, 0.3) is 0 Å². The lowest BCUT2D eigenvalue weighted by Gasteiger charge is -2.16. The van der Waals surface area contributed by atoms with Crippen molar-refractivity contribution in [1.82, 2.24) is 15.3 Å². The molecule has 90 valence electrons. The van der Waals surface area contributed by atoms with E-state index >= 15 is 0 Å². The Morgan fingerprint density at radius 3 is 3.00 bits per heavy atom. The third kappa shape index (κ3) is 3.39. The van der Waals surface area contributed by atoms with Gasteiger partial charge in [0.05, 0.1) is 24.3 Å². The fraction of sp³-hybridized carbons (Fsp3) is 0.385. The summed E-state index contributed by atoms with van der Waals surface area (Å²) in [4.78, 5) is 8.47. The van der Waals surface area contributed by atoms with Gasteiger partial charge in [0.15, 0.2) is 0 Å². The Hall–Kier alpha value is -1.68. The zero-order valence-electron chi connectivity index (χ0n) is 9.97. The molecule has 0 fully saturated rings. The van der Waals surface area contributed by atoms with Crippen molar-refractivity contribution in [3.63, 3.8) is 0 Å². The molecule has 2 aromatic rings. The van der Waals surface area contributed by atoms with E-state index in [0.717, 1.165) is 25.1 Å². The van der Waals surface area contributed by atoms with E-state index < -0.39 is 0 Å². The van der Waals surface area contributed by atoms with Crippen molar-refractivity contribution in [2.24, 2.45) is 0 Å². The van der Waals surface area contributed by atoms with Crippen LogP contribution in [0.1, 0.15) is 30.6 Å². The second kappa shape index (κ2) is 6.15. The predicted molar refractivity (Wildman–Crippen MR) is 65.5 cm³/mol. The molecule has 1 atom stereocenters. The third-order valence-electron chi connectivity index (χ3n) is 2.60. The van der Waals surface area contributed by atoms with Crippen LogP contribution >= 0.6 is 0 Å². The van der Waals surface area contributed by atoms with Crippen LogP contribution in [0, 0.1) is 0 Å². The molecule has 4 nitrogen and oxygen atoms in total. The molecule has 2 heterocycles. The number of nitrogens with one attached hydrogen (secondary N) is 1. The van der Waals surface area contributed by atoms with Gasteiger partial charge in [-0.15, -0.1) is 0 Å². The van der Waals surface area contributed by atoms with Crippen LogP contribution in [0.4, 0.5) is 0 Å². The standard InChI is InChI=1S/C13H17N3O/c1-2-4-15-12(8-11-3-7-17-10-11)13-9-14-5-6-16-13/h3,5-7,9-10,12,15H,2,4,8H2,1H3.